The Morgan fingerprint density at radius 1 is 0.632 bits per heavy atom. The summed E-state index contributed by atoms with van der Waals surface area (Å²) in [5.74, 6) is 2.09. The lowest BCUT2D eigenvalue weighted by Gasteiger charge is -2.24. The second-order valence-corrected chi connectivity index (χ2v) is 12.8. The molecule has 1 rings (SSSR count). The molecular weight excluding hydrogens is 466 g/mol. The Morgan fingerprint density at radius 3 is 1.50 bits per heavy atom. The van der Waals surface area contributed by atoms with E-state index in [9.17, 15) is 4.79 Å². The van der Waals surface area contributed by atoms with Crippen LogP contribution in [0.2, 0.25) is 0 Å². The highest BCUT2D eigenvalue weighted by atomic mass is 16.5. The Bertz CT molecular complexity index is 520. The van der Waals surface area contributed by atoms with E-state index in [1.54, 1.807) is 0 Å². The number of hydrogen-bond acceptors (Lipinski definition) is 3. The molecule has 3 heteroatoms. The number of carbonyl (C=O) groups excluding carboxylic acids is 1. The van der Waals surface area contributed by atoms with Crippen molar-refractivity contribution < 1.29 is 9.53 Å². The molecular formula is C35H69NO2. The average molecular weight is 536 g/mol. The van der Waals surface area contributed by atoms with Gasteiger partial charge in [-0.3, -0.25) is 4.79 Å². The van der Waals surface area contributed by atoms with Gasteiger partial charge in [0.2, 0.25) is 0 Å². The van der Waals surface area contributed by atoms with E-state index in [4.69, 9.17) is 4.74 Å². The first kappa shape index (κ1) is 35.5. The van der Waals surface area contributed by atoms with E-state index in [1.807, 2.05) is 6.92 Å². The molecule has 0 spiro atoms. The second kappa shape index (κ2) is 25.4. The van der Waals surface area contributed by atoms with Gasteiger partial charge in [-0.05, 0) is 58.5 Å². The van der Waals surface area contributed by atoms with E-state index >= 15 is 0 Å². The summed E-state index contributed by atoms with van der Waals surface area (Å²) in [5, 5.41) is 0. The zero-order valence-corrected chi connectivity index (χ0v) is 26.6. The van der Waals surface area contributed by atoms with Gasteiger partial charge in [0.25, 0.3) is 0 Å². The fraction of sp³-hybridized carbons (Fsp3) is 0.971. The van der Waals surface area contributed by atoms with E-state index in [1.165, 1.54) is 154 Å². The molecule has 0 aliphatic heterocycles. The van der Waals surface area contributed by atoms with Crippen molar-refractivity contribution in [2.24, 2.45) is 11.8 Å². The van der Waals surface area contributed by atoms with Crippen LogP contribution < -0.4 is 0 Å². The predicted molar refractivity (Wildman–Crippen MR) is 167 cm³/mol. The van der Waals surface area contributed by atoms with Gasteiger partial charge in [-0.25, -0.2) is 0 Å². The van der Waals surface area contributed by atoms with E-state index in [0.29, 0.717) is 13.0 Å². The number of rotatable bonds is 29. The molecule has 0 aromatic rings. The molecule has 1 fully saturated rings. The summed E-state index contributed by atoms with van der Waals surface area (Å²) in [5.41, 5.74) is 0. The maximum Gasteiger partial charge on any atom is 0.305 e. The lowest BCUT2D eigenvalue weighted by atomic mass is 9.99. The van der Waals surface area contributed by atoms with Gasteiger partial charge < -0.3 is 9.64 Å². The molecule has 0 amide bonds. The van der Waals surface area contributed by atoms with Gasteiger partial charge in [0, 0.05) is 12.5 Å². The first-order chi connectivity index (χ1) is 18.6. The second-order valence-electron chi connectivity index (χ2n) is 12.8. The first-order valence-electron chi connectivity index (χ1n) is 17.4. The Balaban J connectivity index is 1.82. The minimum Gasteiger partial charge on any atom is -0.466 e. The Hall–Kier alpha value is -0.570. The summed E-state index contributed by atoms with van der Waals surface area (Å²) in [6.07, 6.45) is 35.7. The van der Waals surface area contributed by atoms with Crippen LogP contribution in [0.15, 0.2) is 0 Å². The highest BCUT2D eigenvalue weighted by Gasteiger charge is 2.34. The summed E-state index contributed by atoms with van der Waals surface area (Å²) < 4.78 is 4.99. The normalized spacial score (nSPS) is 17.7. The van der Waals surface area contributed by atoms with Gasteiger partial charge in [-0.15, -0.1) is 0 Å². The van der Waals surface area contributed by atoms with Crippen molar-refractivity contribution in [3.05, 3.63) is 0 Å². The number of esters is 1. The molecule has 0 aromatic heterocycles. The zero-order chi connectivity index (χ0) is 27.7. The summed E-state index contributed by atoms with van der Waals surface area (Å²) in [6, 6.07) is 0.805. The molecule has 38 heavy (non-hydrogen) atoms. The van der Waals surface area contributed by atoms with E-state index < -0.39 is 0 Å². The number of hydrogen-bond donors (Lipinski definition) is 0. The zero-order valence-electron chi connectivity index (χ0n) is 26.6. The molecule has 3 nitrogen and oxygen atoms in total. The first-order valence-corrected chi connectivity index (χ1v) is 17.4. The lowest BCUT2D eigenvalue weighted by Crippen LogP contribution is -2.27. The lowest BCUT2D eigenvalue weighted by molar-refractivity contribution is -0.143. The largest absolute Gasteiger partial charge is 0.466 e. The third-order valence-electron chi connectivity index (χ3n) is 9.06. The quantitative estimate of drug-likeness (QED) is 0.0704. The van der Waals surface area contributed by atoms with Crippen molar-refractivity contribution in [2.45, 2.75) is 187 Å². The van der Waals surface area contributed by atoms with Gasteiger partial charge >= 0.3 is 5.97 Å². The van der Waals surface area contributed by atoms with E-state index in [0.717, 1.165) is 24.3 Å². The number of carbonyl (C=O) groups is 1. The van der Waals surface area contributed by atoms with Crippen LogP contribution in [0, 0.1) is 11.8 Å². The number of unbranched alkanes of at least 4 members (excludes halogenated alkanes) is 17. The van der Waals surface area contributed by atoms with Crippen molar-refractivity contribution in [3.63, 3.8) is 0 Å². The molecule has 226 valence electrons. The third-order valence-corrected chi connectivity index (χ3v) is 9.06. The van der Waals surface area contributed by atoms with Crippen molar-refractivity contribution in [1.29, 1.82) is 0 Å². The number of ether oxygens (including phenoxy) is 1. The van der Waals surface area contributed by atoms with Crippen molar-refractivity contribution in [1.82, 2.24) is 4.90 Å². The minimum absolute atomic E-state index is 0.0220. The number of nitrogens with zero attached hydrogens (tertiary/aromatic N) is 1. The van der Waals surface area contributed by atoms with E-state index in [-0.39, 0.29) is 5.97 Å². The molecule has 0 radical (unpaired) electrons. The van der Waals surface area contributed by atoms with Gasteiger partial charge in [0.15, 0.2) is 0 Å². The predicted octanol–water partition coefficient (Wildman–Crippen LogP) is 10.9. The Morgan fingerprint density at radius 2 is 1.05 bits per heavy atom. The van der Waals surface area contributed by atoms with Crippen molar-refractivity contribution in [3.8, 4) is 0 Å². The van der Waals surface area contributed by atoms with E-state index in [2.05, 4.69) is 25.9 Å². The molecule has 1 saturated carbocycles. The molecule has 0 aromatic carbocycles. The monoisotopic (exact) mass is 536 g/mol. The van der Waals surface area contributed by atoms with Crippen molar-refractivity contribution >= 4 is 5.97 Å². The molecule has 0 saturated heterocycles. The van der Waals surface area contributed by atoms with Crippen molar-refractivity contribution in [2.75, 3.05) is 20.7 Å². The molecule has 1 aliphatic rings. The molecule has 0 heterocycles. The van der Waals surface area contributed by atoms with Crippen LogP contribution in [0.4, 0.5) is 0 Å². The van der Waals surface area contributed by atoms with Gasteiger partial charge in [-0.2, -0.15) is 0 Å². The standard InChI is InChI=1S/C35H69NO2/c1-5-7-8-9-12-18-23-28-34(36(3)4)29-24-19-14-11-10-13-16-21-26-32-31-33(32)27-22-17-15-20-25-30-35(37)38-6-2/h32-34H,5-31H2,1-4H3. The Kier molecular flexibility index (Phi) is 23.7. The topological polar surface area (TPSA) is 29.5 Å². The highest BCUT2D eigenvalue weighted by Crippen LogP contribution is 2.45. The van der Waals surface area contributed by atoms with Gasteiger partial charge in [0.1, 0.15) is 0 Å². The van der Waals surface area contributed by atoms with Crippen LogP contribution in [0.1, 0.15) is 181 Å². The average Bonchev–Trinajstić information content (AvgIpc) is 3.65. The van der Waals surface area contributed by atoms with Crippen LogP contribution >= 0.6 is 0 Å². The maximum absolute atomic E-state index is 11.3. The summed E-state index contributed by atoms with van der Waals surface area (Å²) in [7, 11) is 4.57. The van der Waals surface area contributed by atoms with Crippen LogP contribution in [-0.4, -0.2) is 37.6 Å². The summed E-state index contributed by atoms with van der Waals surface area (Å²) >= 11 is 0. The molecule has 0 N–H and O–H groups in total. The Labute approximate surface area is 239 Å². The van der Waals surface area contributed by atoms with Crippen LogP contribution in [0.25, 0.3) is 0 Å². The van der Waals surface area contributed by atoms with Crippen LogP contribution in [0.5, 0.6) is 0 Å². The summed E-state index contributed by atoms with van der Waals surface area (Å²) in [4.78, 5) is 13.8. The fourth-order valence-electron chi connectivity index (χ4n) is 6.30. The van der Waals surface area contributed by atoms with Crippen LogP contribution in [0.3, 0.4) is 0 Å². The molecule has 3 atom stereocenters. The smallest absolute Gasteiger partial charge is 0.305 e. The highest BCUT2D eigenvalue weighted by molar-refractivity contribution is 5.69. The fourth-order valence-corrected chi connectivity index (χ4v) is 6.30. The molecule has 1 aliphatic carbocycles. The summed E-state index contributed by atoms with van der Waals surface area (Å²) in [6.45, 7) is 4.70. The molecule has 0 bridgehead atoms. The van der Waals surface area contributed by atoms with Crippen LogP contribution in [-0.2, 0) is 9.53 Å². The third kappa shape index (κ3) is 21.3. The maximum atomic E-state index is 11.3. The SMILES string of the molecule is CCCCCCCCCC(CCCCCCCCCCC1CC1CCCCCCCC(=O)OCC)N(C)C. The molecule has 3 unspecified atom stereocenters. The van der Waals surface area contributed by atoms with Gasteiger partial charge in [-0.1, -0.05) is 142 Å². The minimum atomic E-state index is -0.0220. The van der Waals surface area contributed by atoms with Gasteiger partial charge in [0.05, 0.1) is 6.61 Å².